The molecule has 0 bridgehead atoms. The fourth-order valence-electron chi connectivity index (χ4n) is 2.13. The van der Waals surface area contributed by atoms with E-state index < -0.39 is 0 Å². The summed E-state index contributed by atoms with van der Waals surface area (Å²) in [6, 6.07) is 7.33. The van der Waals surface area contributed by atoms with Crippen LogP contribution in [0.3, 0.4) is 0 Å². The molecule has 1 saturated carbocycles. The Morgan fingerprint density at radius 1 is 1.31 bits per heavy atom. The number of benzene rings is 1. The Bertz CT molecular complexity index is 530. The number of H-pyrrole nitrogens is 1. The SMILES string of the molecule is Nc1n[nH]c(C2(c3ccccc3O)CC2)n1. The van der Waals surface area contributed by atoms with Gasteiger partial charge in [0.1, 0.15) is 11.6 Å². The van der Waals surface area contributed by atoms with E-state index in [4.69, 9.17) is 5.73 Å². The van der Waals surface area contributed by atoms with Gasteiger partial charge in [0.05, 0.1) is 5.41 Å². The van der Waals surface area contributed by atoms with Gasteiger partial charge in [-0.05, 0) is 18.9 Å². The molecule has 1 heterocycles. The van der Waals surface area contributed by atoms with Gasteiger partial charge in [0.2, 0.25) is 5.95 Å². The molecule has 2 aromatic rings. The molecule has 0 aliphatic heterocycles. The number of phenolic OH excluding ortho intramolecular Hbond substituents is 1. The summed E-state index contributed by atoms with van der Waals surface area (Å²) in [6.45, 7) is 0. The second-order valence-electron chi connectivity index (χ2n) is 4.14. The number of nitrogens with zero attached hydrogens (tertiary/aromatic N) is 2. The standard InChI is InChI=1S/C11H12N4O/c12-10-13-9(14-15-10)11(5-6-11)7-3-1-2-4-8(7)16/h1-4,16H,5-6H2,(H3,12,13,14,15). The van der Waals surface area contributed by atoms with E-state index in [9.17, 15) is 5.11 Å². The van der Waals surface area contributed by atoms with Crippen molar-refractivity contribution in [2.75, 3.05) is 5.73 Å². The molecule has 0 unspecified atom stereocenters. The van der Waals surface area contributed by atoms with Crippen molar-refractivity contribution < 1.29 is 5.11 Å². The number of nitrogens with one attached hydrogen (secondary N) is 1. The van der Waals surface area contributed by atoms with Crippen molar-refractivity contribution in [3.63, 3.8) is 0 Å². The van der Waals surface area contributed by atoms with Crippen molar-refractivity contribution in [1.29, 1.82) is 0 Å². The number of anilines is 1. The number of aromatic nitrogens is 3. The van der Waals surface area contributed by atoms with Crippen LogP contribution in [0.4, 0.5) is 5.95 Å². The van der Waals surface area contributed by atoms with Crippen molar-refractivity contribution in [3.8, 4) is 5.75 Å². The molecule has 0 radical (unpaired) electrons. The average Bonchev–Trinajstić information content (AvgIpc) is 2.96. The average molecular weight is 216 g/mol. The Morgan fingerprint density at radius 2 is 2.06 bits per heavy atom. The Hall–Kier alpha value is -2.04. The van der Waals surface area contributed by atoms with E-state index in [-0.39, 0.29) is 11.4 Å². The molecule has 0 amide bonds. The number of hydrogen-bond donors (Lipinski definition) is 3. The van der Waals surface area contributed by atoms with E-state index in [0.29, 0.717) is 5.75 Å². The summed E-state index contributed by atoms with van der Waals surface area (Å²) in [4.78, 5) is 4.16. The van der Waals surface area contributed by atoms with Crippen molar-refractivity contribution in [3.05, 3.63) is 35.7 Å². The summed E-state index contributed by atoms with van der Waals surface area (Å²) in [7, 11) is 0. The molecular weight excluding hydrogens is 204 g/mol. The van der Waals surface area contributed by atoms with Crippen LogP contribution < -0.4 is 5.73 Å². The summed E-state index contributed by atoms with van der Waals surface area (Å²) in [5, 5.41) is 16.5. The van der Waals surface area contributed by atoms with Crippen LogP contribution in [0.1, 0.15) is 24.2 Å². The summed E-state index contributed by atoms with van der Waals surface area (Å²) >= 11 is 0. The van der Waals surface area contributed by atoms with Crippen LogP contribution >= 0.6 is 0 Å². The normalized spacial score (nSPS) is 17.2. The van der Waals surface area contributed by atoms with Crippen LogP contribution in [-0.2, 0) is 5.41 Å². The van der Waals surface area contributed by atoms with Gasteiger partial charge in [0, 0.05) is 5.56 Å². The fraction of sp³-hybridized carbons (Fsp3) is 0.273. The fourth-order valence-corrected chi connectivity index (χ4v) is 2.13. The molecule has 1 fully saturated rings. The first-order valence-electron chi connectivity index (χ1n) is 5.19. The predicted octanol–water partition coefficient (Wildman–Crippen LogP) is 1.17. The Kier molecular flexibility index (Phi) is 1.71. The molecule has 0 atom stereocenters. The van der Waals surface area contributed by atoms with E-state index in [1.165, 1.54) is 0 Å². The molecule has 16 heavy (non-hydrogen) atoms. The third-order valence-electron chi connectivity index (χ3n) is 3.13. The van der Waals surface area contributed by atoms with Gasteiger partial charge in [0.25, 0.3) is 0 Å². The first-order valence-corrected chi connectivity index (χ1v) is 5.19. The molecule has 5 nitrogen and oxygen atoms in total. The number of rotatable bonds is 2. The van der Waals surface area contributed by atoms with E-state index in [1.54, 1.807) is 6.07 Å². The predicted molar refractivity (Wildman–Crippen MR) is 58.9 cm³/mol. The zero-order valence-corrected chi connectivity index (χ0v) is 8.64. The van der Waals surface area contributed by atoms with E-state index in [2.05, 4.69) is 15.2 Å². The van der Waals surface area contributed by atoms with Crippen molar-refractivity contribution in [2.45, 2.75) is 18.3 Å². The number of phenols is 1. The lowest BCUT2D eigenvalue weighted by Crippen LogP contribution is -2.11. The smallest absolute Gasteiger partial charge is 0.239 e. The van der Waals surface area contributed by atoms with Crippen LogP contribution in [-0.4, -0.2) is 20.3 Å². The highest BCUT2D eigenvalue weighted by Crippen LogP contribution is 2.54. The largest absolute Gasteiger partial charge is 0.508 e. The summed E-state index contributed by atoms with van der Waals surface area (Å²) in [5.41, 5.74) is 6.19. The molecule has 3 rings (SSSR count). The molecule has 1 aliphatic rings. The lowest BCUT2D eigenvalue weighted by atomic mass is 9.94. The molecule has 4 N–H and O–H groups in total. The van der Waals surface area contributed by atoms with Gasteiger partial charge >= 0.3 is 0 Å². The maximum atomic E-state index is 9.86. The first-order chi connectivity index (χ1) is 7.72. The van der Waals surface area contributed by atoms with Crippen molar-refractivity contribution >= 4 is 5.95 Å². The molecule has 0 spiro atoms. The number of aromatic amines is 1. The van der Waals surface area contributed by atoms with Crippen molar-refractivity contribution in [1.82, 2.24) is 15.2 Å². The van der Waals surface area contributed by atoms with E-state index >= 15 is 0 Å². The Labute approximate surface area is 92.3 Å². The zero-order chi connectivity index (χ0) is 11.2. The van der Waals surface area contributed by atoms with Crippen LogP contribution in [0, 0.1) is 0 Å². The van der Waals surface area contributed by atoms with Gasteiger partial charge in [-0.15, -0.1) is 5.10 Å². The third kappa shape index (κ3) is 1.18. The second-order valence-corrected chi connectivity index (χ2v) is 4.14. The first kappa shape index (κ1) is 9.21. The maximum Gasteiger partial charge on any atom is 0.239 e. The van der Waals surface area contributed by atoms with Crippen LogP contribution in [0.2, 0.25) is 0 Å². The number of hydrogen-bond acceptors (Lipinski definition) is 4. The monoisotopic (exact) mass is 216 g/mol. The van der Waals surface area contributed by atoms with Gasteiger partial charge in [0.15, 0.2) is 0 Å². The minimum atomic E-state index is -0.212. The summed E-state index contributed by atoms with van der Waals surface area (Å²) in [5.74, 6) is 1.29. The number of para-hydroxylation sites is 1. The highest BCUT2D eigenvalue weighted by molar-refractivity contribution is 5.47. The lowest BCUT2D eigenvalue weighted by Gasteiger charge is -2.13. The highest BCUT2D eigenvalue weighted by Gasteiger charge is 2.50. The Balaban J connectivity index is 2.10. The number of nitrogen functional groups attached to an aromatic ring is 1. The highest BCUT2D eigenvalue weighted by atomic mass is 16.3. The lowest BCUT2D eigenvalue weighted by molar-refractivity contribution is 0.462. The quantitative estimate of drug-likeness (QED) is 0.703. The molecule has 0 saturated heterocycles. The molecule has 1 aliphatic carbocycles. The number of nitrogens with two attached hydrogens (primary N) is 1. The molecule has 5 heteroatoms. The van der Waals surface area contributed by atoms with Crippen LogP contribution in [0.25, 0.3) is 0 Å². The Morgan fingerprint density at radius 3 is 2.62 bits per heavy atom. The zero-order valence-electron chi connectivity index (χ0n) is 8.64. The molecule has 1 aromatic heterocycles. The minimum absolute atomic E-state index is 0.212. The van der Waals surface area contributed by atoms with E-state index in [0.717, 1.165) is 24.2 Å². The van der Waals surface area contributed by atoms with Gasteiger partial charge < -0.3 is 10.8 Å². The summed E-state index contributed by atoms with van der Waals surface area (Å²) < 4.78 is 0. The molecule has 82 valence electrons. The second kappa shape index (κ2) is 2.98. The number of aromatic hydroxyl groups is 1. The molecule has 1 aromatic carbocycles. The minimum Gasteiger partial charge on any atom is -0.508 e. The van der Waals surface area contributed by atoms with Gasteiger partial charge in [-0.25, -0.2) is 0 Å². The van der Waals surface area contributed by atoms with E-state index in [1.807, 2.05) is 18.2 Å². The van der Waals surface area contributed by atoms with Crippen molar-refractivity contribution in [2.24, 2.45) is 0 Å². The summed E-state index contributed by atoms with van der Waals surface area (Å²) in [6.07, 6.45) is 1.92. The molecular formula is C11H12N4O. The van der Waals surface area contributed by atoms with Gasteiger partial charge in [-0.2, -0.15) is 4.98 Å². The van der Waals surface area contributed by atoms with Crippen LogP contribution in [0.15, 0.2) is 24.3 Å². The van der Waals surface area contributed by atoms with Crippen LogP contribution in [0.5, 0.6) is 5.75 Å². The van der Waals surface area contributed by atoms with Gasteiger partial charge in [-0.3, -0.25) is 5.10 Å². The van der Waals surface area contributed by atoms with Gasteiger partial charge in [-0.1, -0.05) is 18.2 Å². The third-order valence-corrected chi connectivity index (χ3v) is 3.13. The maximum absolute atomic E-state index is 9.86. The topological polar surface area (TPSA) is 87.8 Å².